The summed E-state index contributed by atoms with van der Waals surface area (Å²) in [6.07, 6.45) is 7.60. The van der Waals surface area contributed by atoms with Gasteiger partial charge in [-0.3, -0.25) is 9.88 Å². The second-order valence-corrected chi connectivity index (χ2v) is 10.9. The molecule has 3 aliphatic carbocycles. The highest BCUT2D eigenvalue weighted by atomic mass is 16.5. The van der Waals surface area contributed by atoms with Crippen molar-refractivity contribution in [2.45, 2.75) is 65.7 Å². The fourth-order valence-electron chi connectivity index (χ4n) is 6.42. The predicted molar refractivity (Wildman–Crippen MR) is 125 cm³/mol. The van der Waals surface area contributed by atoms with Crippen LogP contribution in [-0.4, -0.2) is 29.1 Å². The van der Waals surface area contributed by atoms with Crippen molar-refractivity contribution in [3.05, 3.63) is 64.4 Å². The summed E-state index contributed by atoms with van der Waals surface area (Å²) in [5, 5.41) is 0. The molecule has 3 nitrogen and oxygen atoms in total. The van der Waals surface area contributed by atoms with Crippen LogP contribution >= 0.6 is 0 Å². The van der Waals surface area contributed by atoms with Gasteiger partial charge in [0.1, 0.15) is 0 Å². The quantitative estimate of drug-likeness (QED) is 0.615. The molecule has 31 heavy (non-hydrogen) atoms. The van der Waals surface area contributed by atoms with Gasteiger partial charge in [-0.1, -0.05) is 55.8 Å². The monoisotopic (exact) mass is 414 g/mol. The highest BCUT2D eigenvalue weighted by Crippen LogP contribution is 2.58. The van der Waals surface area contributed by atoms with Crippen LogP contribution in [0.25, 0.3) is 11.3 Å². The lowest BCUT2D eigenvalue weighted by Crippen LogP contribution is -2.48. The van der Waals surface area contributed by atoms with Crippen molar-refractivity contribution in [1.29, 1.82) is 0 Å². The average molecular weight is 415 g/mol. The average Bonchev–Trinajstić information content (AvgIpc) is 2.79. The maximum atomic E-state index is 6.13. The molecule has 2 aliphatic heterocycles. The Hall–Kier alpha value is -1.97. The van der Waals surface area contributed by atoms with Crippen molar-refractivity contribution in [3.8, 4) is 11.3 Å². The van der Waals surface area contributed by atoms with Crippen LogP contribution in [-0.2, 0) is 30.7 Å². The van der Waals surface area contributed by atoms with E-state index in [1.54, 1.807) is 5.57 Å². The summed E-state index contributed by atoms with van der Waals surface area (Å²) in [6.45, 7) is 11.1. The minimum atomic E-state index is 0.261. The van der Waals surface area contributed by atoms with E-state index in [1.165, 1.54) is 46.5 Å². The van der Waals surface area contributed by atoms with Gasteiger partial charge in [-0.15, -0.1) is 0 Å². The lowest BCUT2D eigenvalue weighted by molar-refractivity contribution is -0.00303. The molecule has 2 bridgehead atoms. The highest BCUT2D eigenvalue weighted by Gasteiger charge is 2.49. The Morgan fingerprint density at radius 3 is 2.68 bits per heavy atom. The van der Waals surface area contributed by atoms with Crippen LogP contribution in [0.5, 0.6) is 0 Å². The van der Waals surface area contributed by atoms with Crippen molar-refractivity contribution in [2.24, 2.45) is 17.3 Å². The molecular formula is C28H34N2O. The first-order valence-electron chi connectivity index (χ1n) is 12.1. The second kappa shape index (κ2) is 7.28. The first-order chi connectivity index (χ1) is 15.0. The zero-order valence-corrected chi connectivity index (χ0v) is 19.2. The molecule has 0 spiro atoms. The molecule has 1 saturated carbocycles. The maximum Gasteiger partial charge on any atom is 0.0742 e. The lowest BCUT2D eigenvalue weighted by Gasteiger charge is -2.55. The molecule has 0 saturated heterocycles. The van der Waals surface area contributed by atoms with E-state index in [-0.39, 0.29) is 6.10 Å². The molecule has 3 atom stereocenters. The van der Waals surface area contributed by atoms with Gasteiger partial charge in [0.2, 0.25) is 0 Å². The van der Waals surface area contributed by atoms with Crippen molar-refractivity contribution in [3.63, 3.8) is 0 Å². The van der Waals surface area contributed by atoms with Crippen molar-refractivity contribution < 1.29 is 4.74 Å². The standard InChI is InChI=1S/C28H34N2O/c1-18-11-23-25(17-31-18)24-16-30(15-19-12-21-14-22(13-19)28(21,2)3)10-9-26(24)29-27(23)20-7-5-4-6-8-20/h4-8,12,18,21-22H,9-11,13-17H2,1-3H3/t18-,21?,22?/m0/s1. The number of benzene rings is 1. The van der Waals surface area contributed by atoms with E-state index in [1.807, 2.05) is 0 Å². The number of allylic oxidation sites excluding steroid dienone is 1. The Bertz CT molecular complexity index is 1040. The zero-order valence-electron chi connectivity index (χ0n) is 19.2. The van der Waals surface area contributed by atoms with Gasteiger partial charge in [-0.25, -0.2) is 0 Å². The first-order valence-corrected chi connectivity index (χ1v) is 12.1. The fourth-order valence-corrected chi connectivity index (χ4v) is 6.42. The van der Waals surface area contributed by atoms with E-state index in [0.29, 0.717) is 5.41 Å². The Labute approximate surface area is 186 Å². The van der Waals surface area contributed by atoms with Crippen LogP contribution in [0.1, 0.15) is 56.0 Å². The van der Waals surface area contributed by atoms with E-state index < -0.39 is 0 Å². The molecular weight excluding hydrogens is 380 g/mol. The molecule has 2 unspecified atom stereocenters. The molecule has 1 fully saturated rings. The van der Waals surface area contributed by atoms with Gasteiger partial charge in [0, 0.05) is 43.7 Å². The van der Waals surface area contributed by atoms with Crippen LogP contribution in [0.4, 0.5) is 0 Å². The molecule has 3 heterocycles. The smallest absolute Gasteiger partial charge is 0.0742 e. The molecule has 162 valence electrons. The largest absolute Gasteiger partial charge is 0.373 e. The summed E-state index contributed by atoms with van der Waals surface area (Å²) in [5.41, 5.74) is 10.2. The van der Waals surface area contributed by atoms with Gasteiger partial charge in [0.15, 0.2) is 0 Å². The molecule has 1 aromatic carbocycles. The van der Waals surface area contributed by atoms with Crippen LogP contribution in [0, 0.1) is 17.3 Å². The molecule has 7 rings (SSSR count). The molecule has 0 N–H and O–H groups in total. The van der Waals surface area contributed by atoms with Gasteiger partial charge in [0.05, 0.1) is 18.4 Å². The number of ether oxygens (including phenoxy) is 1. The van der Waals surface area contributed by atoms with E-state index in [2.05, 4.69) is 62.1 Å². The first kappa shape index (κ1) is 19.7. The van der Waals surface area contributed by atoms with Gasteiger partial charge >= 0.3 is 0 Å². The summed E-state index contributed by atoms with van der Waals surface area (Å²) in [4.78, 5) is 7.91. The third kappa shape index (κ3) is 3.29. The summed E-state index contributed by atoms with van der Waals surface area (Å²) < 4.78 is 6.13. The fraction of sp³-hybridized carbons (Fsp3) is 0.536. The van der Waals surface area contributed by atoms with E-state index in [4.69, 9.17) is 9.72 Å². The van der Waals surface area contributed by atoms with Crippen molar-refractivity contribution in [1.82, 2.24) is 9.88 Å². The molecule has 5 aliphatic rings. The summed E-state index contributed by atoms with van der Waals surface area (Å²) >= 11 is 0. The third-order valence-electron chi connectivity index (χ3n) is 8.63. The Morgan fingerprint density at radius 1 is 1.10 bits per heavy atom. The lowest BCUT2D eigenvalue weighted by atomic mass is 9.50. The third-order valence-corrected chi connectivity index (χ3v) is 8.63. The number of aromatic nitrogens is 1. The van der Waals surface area contributed by atoms with Gasteiger partial charge in [-0.2, -0.15) is 0 Å². The zero-order chi connectivity index (χ0) is 21.2. The molecule has 0 radical (unpaired) electrons. The number of hydrogen-bond acceptors (Lipinski definition) is 3. The number of fused-ring (bicyclic) bond motifs is 4. The Kier molecular flexibility index (Phi) is 4.63. The highest BCUT2D eigenvalue weighted by molar-refractivity contribution is 5.66. The van der Waals surface area contributed by atoms with E-state index in [9.17, 15) is 0 Å². The SMILES string of the molecule is C[C@H]1Cc2c(-c3ccccc3)nc3c(c2CO1)CN(CC1=CC2CC(C1)C2(C)C)CC3. The number of rotatable bonds is 3. The van der Waals surface area contributed by atoms with E-state index in [0.717, 1.165) is 50.9 Å². The predicted octanol–water partition coefficient (Wildman–Crippen LogP) is 5.56. The number of nitrogens with zero attached hydrogens (tertiary/aromatic N) is 2. The topological polar surface area (TPSA) is 25.4 Å². The summed E-state index contributed by atoms with van der Waals surface area (Å²) in [6, 6.07) is 10.7. The molecule has 3 heteroatoms. The van der Waals surface area contributed by atoms with Crippen molar-refractivity contribution in [2.75, 3.05) is 13.1 Å². The summed E-state index contributed by atoms with van der Waals surface area (Å²) in [7, 11) is 0. The van der Waals surface area contributed by atoms with Gasteiger partial charge in [0.25, 0.3) is 0 Å². The minimum Gasteiger partial charge on any atom is -0.373 e. The normalized spacial score (nSPS) is 28.9. The van der Waals surface area contributed by atoms with Crippen LogP contribution in [0.3, 0.4) is 0 Å². The van der Waals surface area contributed by atoms with Crippen LogP contribution in [0.2, 0.25) is 0 Å². The Morgan fingerprint density at radius 2 is 1.94 bits per heavy atom. The maximum absolute atomic E-state index is 6.13. The Balaban J connectivity index is 1.30. The number of pyridine rings is 1. The second-order valence-electron chi connectivity index (χ2n) is 10.9. The summed E-state index contributed by atoms with van der Waals surface area (Å²) in [5.74, 6) is 1.70. The molecule has 0 amide bonds. The molecule has 2 aromatic rings. The van der Waals surface area contributed by atoms with Crippen LogP contribution < -0.4 is 0 Å². The van der Waals surface area contributed by atoms with Gasteiger partial charge in [-0.05, 0) is 53.7 Å². The molecule has 1 aromatic heterocycles. The van der Waals surface area contributed by atoms with E-state index >= 15 is 0 Å². The van der Waals surface area contributed by atoms with Gasteiger partial charge < -0.3 is 4.74 Å². The van der Waals surface area contributed by atoms with Crippen LogP contribution in [0.15, 0.2) is 42.0 Å². The van der Waals surface area contributed by atoms with Crippen molar-refractivity contribution >= 4 is 0 Å². The minimum absolute atomic E-state index is 0.261. The number of hydrogen-bond donors (Lipinski definition) is 0.